The molecule has 4 nitrogen and oxygen atoms in total. The molecule has 94 valence electrons. The van der Waals surface area contributed by atoms with E-state index in [1.165, 1.54) is 0 Å². The topological polar surface area (TPSA) is 55.2 Å². The first-order chi connectivity index (χ1) is 8.69. The summed E-state index contributed by atoms with van der Waals surface area (Å²) in [7, 11) is 0. The highest BCUT2D eigenvalue weighted by molar-refractivity contribution is 5.30. The summed E-state index contributed by atoms with van der Waals surface area (Å²) in [5, 5.41) is 9.24. The summed E-state index contributed by atoms with van der Waals surface area (Å²) in [6, 6.07) is 7.24. The Morgan fingerprint density at radius 2 is 2.17 bits per heavy atom. The van der Waals surface area contributed by atoms with Crippen LogP contribution in [0.2, 0.25) is 0 Å². The molecule has 0 fully saturated rings. The zero-order chi connectivity index (χ0) is 13.0. The van der Waals surface area contributed by atoms with E-state index in [2.05, 4.69) is 23.8 Å². The van der Waals surface area contributed by atoms with Gasteiger partial charge in [0, 0.05) is 18.0 Å². The van der Waals surface area contributed by atoms with Crippen LogP contribution in [0.25, 0.3) is 0 Å². The molecule has 18 heavy (non-hydrogen) atoms. The van der Waals surface area contributed by atoms with Crippen LogP contribution in [-0.4, -0.2) is 15.1 Å². The van der Waals surface area contributed by atoms with Crippen molar-refractivity contribution in [3.8, 4) is 11.6 Å². The molecule has 0 aliphatic rings. The summed E-state index contributed by atoms with van der Waals surface area (Å²) in [6.45, 7) is 4.08. The average Bonchev–Trinajstić information content (AvgIpc) is 2.39. The van der Waals surface area contributed by atoms with Crippen LogP contribution in [0.1, 0.15) is 31.0 Å². The van der Waals surface area contributed by atoms with Crippen molar-refractivity contribution in [2.24, 2.45) is 0 Å². The van der Waals surface area contributed by atoms with Gasteiger partial charge in [0.1, 0.15) is 5.75 Å². The Kier molecular flexibility index (Phi) is 3.89. The third kappa shape index (κ3) is 3.05. The van der Waals surface area contributed by atoms with Gasteiger partial charge in [-0.3, -0.25) is 4.98 Å². The first kappa shape index (κ1) is 12.5. The van der Waals surface area contributed by atoms with E-state index in [9.17, 15) is 5.11 Å². The van der Waals surface area contributed by atoms with Gasteiger partial charge < -0.3 is 9.84 Å². The summed E-state index contributed by atoms with van der Waals surface area (Å²) in [6.07, 6.45) is 3.31. The molecule has 0 atom stereocenters. The standard InChI is InChI=1S/C14H16N2O2/c1-10(2)13-6-11(9-17)7-14(16-13)18-12-4-3-5-15-8-12/h3-8,10,17H,9H2,1-2H3. The van der Waals surface area contributed by atoms with Gasteiger partial charge in [-0.2, -0.15) is 0 Å². The summed E-state index contributed by atoms with van der Waals surface area (Å²) in [5.41, 5.74) is 1.70. The number of aliphatic hydroxyl groups is 1. The van der Waals surface area contributed by atoms with Crippen molar-refractivity contribution in [3.05, 3.63) is 47.9 Å². The summed E-state index contributed by atoms with van der Waals surface area (Å²) >= 11 is 0. The number of aromatic nitrogens is 2. The minimum absolute atomic E-state index is 0.0222. The fourth-order valence-corrected chi connectivity index (χ4v) is 1.55. The molecule has 2 aromatic rings. The second kappa shape index (κ2) is 5.60. The Balaban J connectivity index is 2.30. The van der Waals surface area contributed by atoms with Gasteiger partial charge in [0.2, 0.25) is 5.88 Å². The zero-order valence-electron chi connectivity index (χ0n) is 10.5. The number of rotatable bonds is 4. The Labute approximate surface area is 106 Å². The second-order valence-electron chi connectivity index (χ2n) is 4.34. The molecule has 0 saturated heterocycles. The zero-order valence-corrected chi connectivity index (χ0v) is 10.5. The molecule has 1 N–H and O–H groups in total. The molecule has 0 saturated carbocycles. The van der Waals surface area contributed by atoms with E-state index in [1.54, 1.807) is 24.5 Å². The fourth-order valence-electron chi connectivity index (χ4n) is 1.55. The van der Waals surface area contributed by atoms with Gasteiger partial charge >= 0.3 is 0 Å². The van der Waals surface area contributed by atoms with Crippen LogP contribution in [0, 0.1) is 0 Å². The smallest absolute Gasteiger partial charge is 0.219 e. The maximum atomic E-state index is 9.24. The number of pyridine rings is 2. The van der Waals surface area contributed by atoms with Crippen LogP contribution in [0.15, 0.2) is 36.7 Å². The molecule has 0 amide bonds. The van der Waals surface area contributed by atoms with Gasteiger partial charge in [0.05, 0.1) is 12.8 Å². The lowest BCUT2D eigenvalue weighted by atomic mass is 10.1. The van der Waals surface area contributed by atoms with Crippen LogP contribution in [-0.2, 0) is 6.61 Å². The van der Waals surface area contributed by atoms with Crippen molar-refractivity contribution in [3.63, 3.8) is 0 Å². The SMILES string of the molecule is CC(C)c1cc(CO)cc(Oc2cccnc2)n1. The van der Waals surface area contributed by atoms with Crippen LogP contribution in [0.5, 0.6) is 11.6 Å². The highest BCUT2D eigenvalue weighted by Crippen LogP contribution is 2.23. The third-order valence-electron chi connectivity index (χ3n) is 2.51. The average molecular weight is 244 g/mol. The molecular formula is C14H16N2O2. The monoisotopic (exact) mass is 244 g/mol. The van der Waals surface area contributed by atoms with E-state index in [1.807, 2.05) is 12.1 Å². The molecule has 0 aliphatic carbocycles. The van der Waals surface area contributed by atoms with Gasteiger partial charge in [-0.1, -0.05) is 13.8 Å². The molecule has 0 aliphatic heterocycles. The van der Waals surface area contributed by atoms with Crippen molar-refractivity contribution in [2.75, 3.05) is 0 Å². The van der Waals surface area contributed by atoms with Crippen molar-refractivity contribution >= 4 is 0 Å². The van der Waals surface area contributed by atoms with Crippen molar-refractivity contribution < 1.29 is 9.84 Å². The Bertz CT molecular complexity index is 512. The van der Waals surface area contributed by atoms with E-state index in [-0.39, 0.29) is 12.5 Å². The minimum atomic E-state index is -0.0222. The number of aliphatic hydroxyl groups excluding tert-OH is 1. The predicted octanol–water partition coefficient (Wildman–Crippen LogP) is 2.88. The van der Waals surface area contributed by atoms with E-state index in [0.29, 0.717) is 11.6 Å². The van der Waals surface area contributed by atoms with Crippen LogP contribution < -0.4 is 4.74 Å². The lowest BCUT2D eigenvalue weighted by Crippen LogP contribution is -1.98. The molecule has 2 aromatic heterocycles. The lowest BCUT2D eigenvalue weighted by molar-refractivity contribution is 0.280. The largest absolute Gasteiger partial charge is 0.437 e. The maximum absolute atomic E-state index is 9.24. The molecule has 0 unspecified atom stereocenters. The lowest BCUT2D eigenvalue weighted by Gasteiger charge is -2.10. The van der Waals surface area contributed by atoms with Crippen molar-refractivity contribution in [2.45, 2.75) is 26.4 Å². The number of nitrogens with zero attached hydrogens (tertiary/aromatic N) is 2. The summed E-state index contributed by atoms with van der Waals surface area (Å²) in [4.78, 5) is 8.39. The van der Waals surface area contributed by atoms with Gasteiger partial charge in [0.25, 0.3) is 0 Å². The van der Waals surface area contributed by atoms with Crippen LogP contribution in [0.4, 0.5) is 0 Å². The Morgan fingerprint density at radius 3 is 2.78 bits per heavy atom. The summed E-state index contributed by atoms with van der Waals surface area (Å²) < 4.78 is 5.63. The number of hydrogen-bond donors (Lipinski definition) is 1. The first-order valence-corrected chi connectivity index (χ1v) is 5.88. The number of hydrogen-bond acceptors (Lipinski definition) is 4. The van der Waals surface area contributed by atoms with Gasteiger partial charge in [0.15, 0.2) is 0 Å². The molecule has 0 aromatic carbocycles. The molecule has 0 bridgehead atoms. The fraction of sp³-hybridized carbons (Fsp3) is 0.286. The predicted molar refractivity (Wildman–Crippen MR) is 68.6 cm³/mol. The first-order valence-electron chi connectivity index (χ1n) is 5.88. The third-order valence-corrected chi connectivity index (χ3v) is 2.51. The molecule has 4 heteroatoms. The maximum Gasteiger partial charge on any atom is 0.219 e. The van der Waals surface area contributed by atoms with E-state index >= 15 is 0 Å². The molecular weight excluding hydrogens is 228 g/mol. The van der Waals surface area contributed by atoms with E-state index in [0.717, 1.165) is 11.3 Å². The van der Waals surface area contributed by atoms with E-state index in [4.69, 9.17) is 4.74 Å². The molecule has 2 heterocycles. The normalized spacial score (nSPS) is 10.7. The second-order valence-corrected chi connectivity index (χ2v) is 4.34. The van der Waals surface area contributed by atoms with Gasteiger partial charge in [-0.25, -0.2) is 4.98 Å². The Hall–Kier alpha value is -1.94. The highest BCUT2D eigenvalue weighted by atomic mass is 16.5. The van der Waals surface area contributed by atoms with Crippen molar-refractivity contribution in [1.29, 1.82) is 0 Å². The van der Waals surface area contributed by atoms with Gasteiger partial charge in [-0.05, 0) is 29.7 Å². The van der Waals surface area contributed by atoms with Gasteiger partial charge in [-0.15, -0.1) is 0 Å². The molecule has 2 rings (SSSR count). The molecule has 0 spiro atoms. The van der Waals surface area contributed by atoms with Crippen molar-refractivity contribution in [1.82, 2.24) is 9.97 Å². The Morgan fingerprint density at radius 1 is 1.33 bits per heavy atom. The van der Waals surface area contributed by atoms with Crippen LogP contribution >= 0.6 is 0 Å². The summed E-state index contributed by atoms with van der Waals surface area (Å²) in [5.74, 6) is 1.40. The quantitative estimate of drug-likeness (QED) is 0.898. The van der Waals surface area contributed by atoms with E-state index < -0.39 is 0 Å². The minimum Gasteiger partial charge on any atom is -0.437 e. The van der Waals surface area contributed by atoms with Crippen LogP contribution in [0.3, 0.4) is 0 Å². The highest BCUT2D eigenvalue weighted by Gasteiger charge is 2.07. The number of ether oxygens (including phenoxy) is 1. The molecule has 0 radical (unpaired) electrons.